The number of hydrogen-bond acceptors (Lipinski definition) is 2. The lowest BCUT2D eigenvalue weighted by Crippen LogP contribution is -2.22. The van der Waals surface area contributed by atoms with Gasteiger partial charge in [-0.3, -0.25) is 0 Å². The van der Waals surface area contributed by atoms with Gasteiger partial charge in [0, 0.05) is 6.04 Å². The Balaban J connectivity index is 2.43. The summed E-state index contributed by atoms with van der Waals surface area (Å²) in [6.45, 7) is 2.17. The van der Waals surface area contributed by atoms with Gasteiger partial charge in [0.2, 0.25) is 0 Å². The van der Waals surface area contributed by atoms with Crippen molar-refractivity contribution in [3.63, 3.8) is 0 Å². The van der Waals surface area contributed by atoms with Gasteiger partial charge in [0.1, 0.15) is 5.75 Å². The average molecular weight is 193 g/mol. The molecule has 1 aromatic rings. The van der Waals surface area contributed by atoms with E-state index in [0.29, 0.717) is 5.75 Å². The number of aromatic hydroxyl groups is 1. The van der Waals surface area contributed by atoms with Gasteiger partial charge in [-0.1, -0.05) is 31.9 Å². The lowest BCUT2D eigenvalue weighted by Gasteiger charge is -2.10. The summed E-state index contributed by atoms with van der Waals surface area (Å²) in [6.07, 6.45) is 4.29. The summed E-state index contributed by atoms with van der Waals surface area (Å²) in [5.41, 5.74) is 7.08. The highest BCUT2D eigenvalue weighted by Gasteiger charge is 2.03. The van der Waals surface area contributed by atoms with Gasteiger partial charge in [0.15, 0.2) is 0 Å². The summed E-state index contributed by atoms with van der Waals surface area (Å²) < 4.78 is 0. The zero-order chi connectivity index (χ0) is 10.4. The second-order valence-corrected chi connectivity index (χ2v) is 3.78. The number of unbranched alkanes of at least 4 members (excludes halogenated alkanes) is 1. The highest BCUT2D eigenvalue weighted by Crippen LogP contribution is 2.13. The standard InChI is InChI=1S/C12H19NO/c1-2-3-6-11(13)8-10-5-4-7-12(14)9-10/h4-5,7,9,11,14H,2-3,6,8,13H2,1H3/t11-/m0/s1. The monoisotopic (exact) mass is 193 g/mol. The summed E-state index contributed by atoms with van der Waals surface area (Å²) in [4.78, 5) is 0. The van der Waals surface area contributed by atoms with E-state index < -0.39 is 0 Å². The van der Waals surface area contributed by atoms with Gasteiger partial charge < -0.3 is 10.8 Å². The van der Waals surface area contributed by atoms with Gasteiger partial charge in [-0.15, -0.1) is 0 Å². The maximum atomic E-state index is 9.26. The lowest BCUT2D eigenvalue weighted by molar-refractivity contribution is 0.473. The van der Waals surface area contributed by atoms with E-state index in [9.17, 15) is 5.11 Å². The number of phenolic OH excluding ortho intramolecular Hbond substituents is 1. The van der Waals surface area contributed by atoms with Crippen molar-refractivity contribution in [2.45, 2.75) is 38.6 Å². The van der Waals surface area contributed by atoms with Crippen LogP contribution in [-0.4, -0.2) is 11.1 Å². The van der Waals surface area contributed by atoms with Crippen LogP contribution in [0.2, 0.25) is 0 Å². The molecule has 0 unspecified atom stereocenters. The molecule has 78 valence electrons. The van der Waals surface area contributed by atoms with Crippen LogP contribution >= 0.6 is 0 Å². The van der Waals surface area contributed by atoms with Crippen molar-refractivity contribution < 1.29 is 5.11 Å². The topological polar surface area (TPSA) is 46.2 Å². The molecule has 2 heteroatoms. The number of phenols is 1. The zero-order valence-electron chi connectivity index (χ0n) is 8.74. The fourth-order valence-electron chi connectivity index (χ4n) is 1.55. The van der Waals surface area contributed by atoms with E-state index in [1.54, 1.807) is 12.1 Å². The summed E-state index contributed by atoms with van der Waals surface area (Å²) in [7, 11) is 0. The zero-order valence-corrected chi connectivity index (χ0v) is 8.74. The third-order valence-electron chi connectivity index (χ3n) is 2.34. The largest absolute Gasteiger partial charge is 0.508 e. The molecule has 0 saturated carbocycles. The van der Waals surface area contributed by atoms with Crippen LogP contribution in [0, 0.1) is 0 Å². The molecular weight excluding hydrogens is 174 g/mol. The third kappa shape index (κ3) is 3.79. The minimum Gasteiger partial charge on any atom is -0.508 e. The maximum absolute atomic E-state index is 9.26. The SMILES string of the molecule is CCCC[C@H](N)Cc1cccc(O)c1. The van der Waals surface area contributed by atoms with E-state index in [-0.39, 0.29) is 6.04 Å². The van der Waals surface area contributed by atoms with E-state index in [0.717, 1.165) is 18.4 Å². The summed E-state index contributed by atoms with van der Waals surface area (Å²) in [5.74, 6) is 0.324. The average Bonchev–Trinajstić information content (AvgIpc) is 2.15. The molecule has 0 heterocycles. The van der Waals surface area contributed by atoms with Crippen molar-refractivity contribution >= 4 is 0 Å². The minimum atomic E-state index is 0.219. The summed E-state index contributed by atoms with van der Waals surface area (Å²) >= 11 is 0. The highest BCUT2D eigenvalue weighted by molar-refractivity contribution is 5.27. The fourth-order valence-corrected chi connectivity index (χ4v) is 1.55. The second kappa shape index (κ2) is 5.66. The summed E-state index contributed by atoms with van der Waals surface area (Å²) in [5, 5.41) is 9.26. The molecule has 0 spiro atoms. The van der Waals surface area contributed by atoms with Crippen LogP contribution in [0.1, 0.15) is 31.7 Å². The van der Waals surface area contributed by atoms with E-state index in [2.05, 4.69) is 6.92 Å². The molecular formula is C12H19NO. The van der Waals surface area contributed by atoms with Gasteiger partial charge >= 0.3 is 0 Å². The Morgan fingerprint density at radius 2 is 2.21 bits per heavy atom. The predicted octanol–water partition coefficient (Wildman–Crippen LogP) is 2.45. The first-order chi connectivity index (χ1) is 6.72. The quantitative estimate of drug-likeness (QED) is 0.754. The number of hydrogen-bond donors (Lipinski definition) is 2. The van der Waals surface area contributed by atoms with Crippen LogP contribution in [-0.2, 0) is 6.42 Å². The summed E-state index contributed by atoms with van der Waals surface area (Å²) in [6, 6.07) is 7.55. The smallest absolute Gasteiger partial charge is 0.115 e. The molecule has 0 aliphatic heterocycles. The predicted molar refractivity (Wildman–Crippen MR) is 59.3 cm³/mol. The van der Waals surface area contributed by atoms with Crippen LogP contribution < -0.4 is 5.73 Å². The van der Waals surface area contributed by atoms with Crippen molar-refractivity contribution in [2.75, 3.05) is 0 Å². The maximum Gasteiger partial charge on any atom is 0.115 e. The molecule has 14 heavy (non-hydrogen) atoms. The van der Waals surface area contributed by atoms with Crippen molar-refractivity contribution in [3.8, 4) is 5.75 Å². The van der Waals surface area contributed by atoms with Crippen molar-refractivity contribution in [1.29, 1.82) is 0 Å². The molecule has 0 fully saturated rings. The minimum absolute atomic E-state index is 0.219. The number of rotatable bonds is 5. The Morgan fingerprint density at radius 3 is 2.86 bits per heavy atom. The van der Waals surface area contributed by atoms with E-state index in [4.69, 9.17) is 5.73 Å². The van der Waals surface area contributed by atoms with Gasteiger partial charge in [0.05, 0.1) is 0 Å². The first kappa shape index (κ1) is 11.1. The van der Waals surface area contributed by atoms with Gasteiger partial charge in [0.25, 0.3) is 0 Å². The Kier molecular flexibility index (Phi) is 4.47. The molecule has 1 aromatic carbocycles. The molecule has 0 aliphatic carbocycles. The van der Waals surface area contributed by atoms with Crippen LogP contribution in [0.25, 0.3) is 0 Å². The van der Waals surface area contributed by atoms with Gasteiger partial charge in [-0.25, -0.2) is 0 Å². The molecule has 1 rings (SSSR count). The molecule has 0 amide bonds. The third-order valence-corrected chi connectivity index (χ3v) is 2.34. The van der Waals surface area contributed by atoms with E-state index in [1.807, 2.05) is 12.1 Å². The van der Waals surface area contributed by atoms with E-state index >= 15 is 0 Å². The molecule has 1 atom stereocenters. The molecule has 0 aromatic heterocycles. The lowest BCUT2D eigenvalue weighted by atomic mass is 10.0. The van der Waals surface area contributed by atoms with Gasteiger partial charge in [-0.05, 0) is 30.5 Å². The molecule has 2 nitrogen and oxygen atoms in total. The fraction of sp³-hybridized carbons (Fsp3) is 0.500. The Morgan fingerprint density at radius 1 is 1.43 bits per heavy atom. The van der Waals surface area contributed by atoms with Crippen LogP contribution in [0.3, 0.4) is 0 Å². The van der Waals surface area contributed by atoms with Crippen LogP contribution in [0.5, 0.6) is 5.75 Å². The van der Waals surface area contributed by atoms with Crippen LogP contribution in [0.15, 0.2) is 24.3 Å². The van der Waals surface area contributed by atoms with Crippen molar-refractivity contribution in [2.24, 2.45) is 5.73 Å². The second-order valence-electron chi connectivity index (χ2n) is 3.78. The normalized spacial score (nSPS) is 12.7. The van der Waals surface area contributed by atoms with Crippen LogP contribution in [0.4, 0.5) is 0 Å². The first-order valence-electron chi connectivity index (χ1n) is 5.26. The highest BCUT2D eigenvalue weighted by atomic mass is 16.3. The molecule has 0 radical (unpaired) electrons. The number of nitrogens with two attached hydrogens (primary N) is 1. The molecule has 0 aliphatic rings. The molecule has 0 bridgehead atoms. The van der Waals surface area contributed by atoms with Crippen molar-refractivity contribution in [1.82, 2.24) is 0 Å². The van der Waals surface area contributed by atoms with Crippen molar-refractivity contribution in [3.05, 3.63) is 29.8 Å². The van der Waals surface area contributed by atoms with Gasteiger partial charge in [-0.2, -0.15) is 0 Å². The Labute approximate surface area is 85.8 Å². The van der Waals surface area contributed by atoms with E-state index in [1.165, 1.54) is 12.8 Å². The Hall–Kier alpha value is -1.02. The molecule has 0 saturated heterocycles. The number of benzene rings is 1. The molecule has 3 N–H and O–H groups in total. The Bertz CT molecular complexity index is 273. The first-order valence-corrected chi connectivity index (χ1v) is 5.26.